The molecular formula is C16H22N2O. The molecule has 0 saturated carbocycles. The van der Waals surface area contributed by atoms with E-state index >= 15 is 0 Å². The lowest BCUT2D eigenvalue weighted by Crippen LogP contribution is -2.25. The van der Waals surface area contributed by atoms with Crippen LogP contribution in [0.25, 0.3) is 0 Å². The second kappa shape index (κ2) is 5.79. The lowest BCUT2D eigenvalue weighted by Gasteiger charge is -2.18. The molecule has 2 atom stereocenters. The fraction of sp³-hybridized carbons (Fsp3) is 0.688. The van der Waals surface area contributed by atoms with E-state index in [9.17, 15) is 4.79 Å². The molecule has 3 rings (SSSR count). The smallest absolute Gasteiger partial charge is 0.223 e. The Labute approximate surface area is 115 Å². The highest BCUT2D eigenvalue weighted by atomic mass is 16.2. The lowest BCUT2D eigenvalue weighted by atomic mass is 9.86. The van der Waals surface area contributed by atoms with Crippen LogP contribution in [0.15, 0.2) is 12.2 Å². The van der Waals surface area contributed by atoms with E-state index in [0.29, 0.717) is 13.0 Å². The summed E-state index contributed by atoms with van der Waals surface area (Å²) in [6.45, 7) is 4.79. The Morgan fingerprint density at radius 1 is 1.11 bits per heavy atom. The van der Waals surface area contributed by atoms with Crippen molar-refractivity contribution in [3.8, 4) is 11.8 Å². The Morgan fingerprint density at radius 3 is 2.42 bits per heavy atom. The van der Waals surface area contributed by atoms with Crippen molar-refractivity contribution < 1.29 is 4.79 Å². The first-order chi connectivity index (χ1) is 9.33. The molecule has 1 amide bonds. The van der Waals surface area contributed by atoms with Crippen molar-refractivity contribution >= 4 is 5.91 Å². The highest BCUT2D eigenvalue weighted by Crippen LogP contribution is 2.32. The van der Waals surface area contributed by atoms with E-state index in [2.05, 4.69) is 28.9 Å². The molecule has 2 saturated heterocycles. The summed E-state index contributed by atoms with van der Waals surface area (Å²) in [5.41, 5.74) is 0. The lowest BCUT2D eigenvalue weighted by molar-refractivity contribution is -0.127. The second-order valence-corrected chi connectivity index (χ2v) is 5.93. The predicted molar refractivity (Wildman–Crippen MR) is 75.4 cm³/mol. The van der Waals surface area contributed by atoms with Gasteiger partial charge in [0.15, 0.2) is 0 Å². The zero-order valence-electron chi connectivity index (χ0n) is 11.5. The van der Waals surface area contributed by atoms with Gasteiger partial charge in [0, 0.05) is 26.1 Å². The monoisotopic (exact) mass is 258 g/mol. The van der Waals surface area contributed by atoms with E-state index < -0.39 is 0 Å². The van der Waals surface area contributed by atoms with Crippen LogP contribution in [-0.2, 0) is 4.79 Å². The highest BCUT2D eigenvalue weighted by Gasteiger charge is 2.31. The molecule has 19 heavy (non-hydrogen) atoms. The number of carbonyl (C=O) groups is 1. The summed E-state index contributed by atoms with van der Waals surface area (Å²) in [6, 6.07) is 0. The Hall–Kier alpha value is -1.27. The average Bonchev–Trinajstić information content (AvgIpc) is 3.00. The maximum Gasteiger partial charge on any atom is 0.223 e. The minimum absolute atomic E-state index is 0.271. The molecule has 0 aromatic rings. The molecule has 2 aliphatic heterocycles. The van der Waals surface area contributed by atoms with E-state index in [4.69, 9.17) is 0 Å². The van der Waals surface area contributed by atoms with Gasteiger partial charge in [0.1, 0.15) is 0 Å². The highest BCUT2D eigenvalue weighted by molar-refractivity contribution is 5.78. The summed E-state index contributed by atoms with van der Waals surface area (Å²) in [6.07, 6.45) is 8.87. The van der Waals surface area contributed by atoms with Crippen molar-refractivity contribution in [1.29, 1.82) is 0 Å². The predicted octanol–water partition coefficient (Wildman–Crippen LogP) is 1.51. The normalized spacial score (nSPS) is 30.3. The van der Waals surface area contributed by atoms with Crippen LogP contribution in [0.3, 0.4) is 0 Å². The standard InChI is InChI=1S/C16H22N2O/c19-16-8-5-11-18(16)10-4-3-9-17-12-14-6-1-2-7-15(14)13-17/h1-2,14-15H,5-13H2/t14-,15+. The van der Waals surface area contributed by atoms with Crippen molar-refractivity contribution in [2.45, 2.75) is 25.7 Å². The van der Waals surface area contributed by atoms with Crippen molar-refractivity contribution in [3.63, 3.8) is 0 Å². The summed E-state index contributed by atoms with van der Waals surface area (Å²) in [5, 5.41) is 0. The molecule has 0 spiro atoms. The van der Waals surface area contributed by atoms with Gasteiger partial charge in [-0.15, -0.1) is 0 Å². The number of hydrogen-bond acceptors (Lipinski definition) is 2. The van der Waals surface area contributed by atoms with Gasteiger partial charge >= 0.3 is 0 Å². The number of allylic oxidation sites excluding steroid dienone is 2. The molecule has 3 heteroatoms. The van der Waals surface area contributed by atoms with Gasteiger partial charge in [-0.1, -0.05) is 24.0 Å². The molecule has 2 fully saturated rings. The molecule has 2 heterocycles. The maximum absolute atomic E-state index is 11.4. The Kier molecular flexibility index (Phi) is 3.89. The molecule has 3 aliphatic rings. The van der Waals surface area contributed by atoms with Crippen LogP contribution in [0, 0.1) is 23.7 Å². The fourth-order valence-corrected chi connectivity index (χ4v) is 3.43. The third kappa shape index (κ3) is 3.01. The summed E-state index contributed by atoms with van der Waals surface area (Å²) in [5.74, 6) is 8.39. The van der Waals surface area contributed by atoms with Gasteiger partial charge in [-0.05, 0) is 31.1 Å². The topological polar surface area (TPSA) is 23.6 Å². The number of fused-ring (bicyclic) bond motifs is 1. The first-order valence-electron chi connectivity index (χ1n) is 7.44. The minimum Gasteiger partial charge on any atom is -0.332 e. The largest absolute Gasteiger partial charge is 0.332 e. The first-order valence-corrected chi connectivity index (χ1v) is 7.44. The summed E-state index contributed by atoms with van der Waals surface area (Å²) in [4.78, 5) is 15.8. The summed E-state index contributed by atoms with van der Waals surface area (Å²) >= 11 is 0. The van der Waals surface area contributed by atoms with Crippen LogP contribution in [0.1, 0.15) is 25.7 Å². The van der Waals surface area contributed by atoms with Crippen LogP contribution in [0.4, 0.5) is 0 Å². The number of nitrogens with zero attached hydrogens (tertiary/aromatic N) is 2. The molecule has 0 radical (unpaired) electrons. The first kappa shape index (κ1) is 12.7. The summed E-state index contributed by atoms with van der Waals surface area (Å²) in [7, 11) is 0. The van der Waals surface area contributed by atoms with Crippen LogP contribution >= 0.6 is 0 Å². The zero-order valence-corrected chi connectivity index (χ0v) is 11.5. The fourth-order valence-electron chi connectivity index (χ4n) is 3.43. The Bertz CT molecular complexity index is 416. The SMILES string of the molecule is O=C1CCCN1CC#CCN1C[C@H]2CC=CC[C@H]2C1. The third-order valence-electron chi connectivity index (χ3n) is 4.57. The van der Waals surface area contributed by atoms with Gasteiger partial charge in [-0.3, -0.25) is 9.69 Å². The van der Waals surface area contributed by atoms with Gasteiger partial charge in [0.25, 0.3) is 0 Å². The van der Waals surface area contributed by atoms with Crippen LogP contribution in [0.2, 0.25) is 0 Å². The minimum atomic E-state index is 0.271. The second-order valence-electron chi connectivity index (χ2n) is 5.93. The molecule has 1 aliphatic carbocycles. The van der Waals surface area contributed by atoms with Crippen molar-refractivity contribution in [2.75, 3.05) is 32.7 Å². The number of rotatable bonds is 2. The number of amides is 1. The number of likely N-dealkylation sites (tertiary alicyclic amines) is 2. The molecule has 0 aromatic carbocycles. The summed E-state index contributed by atoms with van der Waals surface area (Å²) < 4.78 is 0. The van der Waals surface area contributed by atoms with E-state index in [0.717, 1.165) is 31.3 Å². The van der Waals surface area contributed by atoms with Gasteiger partial charge in [-0.25, -0.2) is 0 Å². The molecular weight excluding hydrogens is 236 g/mol. The van der Waals surface area contributed by atoms with Gasteiger partial charge in [0.2, 0.25) is 5.91 Å². The van der Waals surface area contributed by atoms with Crippen LogP contribution in [0.5, 0.6) is 0 Å². The zero-order chi connectivity index (χ0) is 13.1. The molecule has 102 valence electrons. The maximum atomic E-state index is 11.4. The van der Waals surface area contributed by atoms with Gasteiger partial charge < -0.3 is 4.90 Å². The van der Waals surface area contributed by atoms with E-state index in [-0.39, 0.29) is 5.91 Å². The number of hydrogen-bond donors (Lipinski definition) is 0. The Morgan fingerprint density at radius 2 is 1.79 bits per heavy atom. The van der Waals surface area contributed by atoms with Crippen LogP contribution in [-0.4, -0.2) is 48.4 Å². The van der Waals surface area contributed by atoms with E-state index in [1.807, 2.05) is 4.90 Å². The quantitative estimate of drug-likeness (QED) is 0.554. The van der Waals surface area contributed by atoms with E-state index in [1.165, 1.54) is 25.9 Å². The van der Waals surface area contributed by atoms with Crippen LogP contribution < -0.4 is 0 Å². The number of carbonyl (C=O) groups excluding carboxylic acids is 1. The average molecular weight is 258 g/mol. The molecule has 0 unspecified atom stereocenters. The molecule has 0 N–H and O–H groups in total. The molecule has 3 nitrogen and oxygen atoms in total. The molecule has 0 aromatic heterocycles. The van der Waals surface area contributed by atoms with Gasteiger partial charge in [-0.2, -0.15) is 0 Å². The Balaban J connectivity index is 1.42. The van der Waals surface area contributed by atoms with Crippen molar-refractivity contribution in [1.82, 2.24) is 9.80 Å². The third-order valence-corrected chi connectivity index (χ3v) is 4.57. The molecule has 0 bridgehead atoms. The van der Waals surface area contributed by atoms with Gasteiger partial charge in [0.05, 0.1) is 13.1 Å². The van der Waals surface area contributed by atoms with E-state index in [1.54, 1.807) is 0 Å². The van der Waals surface area contributed by atoms with Crippen molar-refractivity contribution in [3.05, 3.63) is 12.2 Å². The van der Waals surface area contributed by atoms with Crippen molar-refractivity contribution in [2.24, 2.45) is 11.8 Å².